The molecule has 0 spiro atoms. The number of rotatable bonds is 6. The lowest BCUT2D eigenvalue weighted by Gasteiger charge is -2.05. The van der Waals surface area contributed by atoms with E-state index in [1.54, 1.807) is 23.9 Å². The fourth-order valence-electron chi connectivity index (χ4n) is 2.49. The summed E-state index contributed by atoms with van der Waals surface area (Å²) in [6, 6.07) is 4.85. The van der Waals surface area contributed by atoms with Gasteiger partial charge < -0.3 is 10.8 Å². The van der Waals surface area contributed by atoms with Crippen molar-refractivity contribution in [1.29, 1.82) is 0 Å². The van der Waals surface area contributed by atoms with Gasteiger partial charge in [0.15, 0.2) is 5.69 Å². The maximum atomic E-state index is 12.7. The van der Waals surface area contributed by atoms with Crippen molar-refractivity contribution >= 4 is 61.8 Å². The Kier molecular flexibility index (Phi) is 6.53. The second-order valence-electron chi connectivity index (χ2n) is 5.96. The van der Waals surface area contributed by atoms with Crippen LogP contribution >= 0.6 is 39.5 Å². The van der Waals surface area contributed by atoms with Crippen LogP contribution in [0.3, 0.4) is 0 Å². The van der Waals surface area contributed by atoms with Crippen molar-refractivity contribution in [2.75, 3.05) is 18.0 Å². The van der Waals surface area contributed by atoms with E-state index in [9.17, 15) is 9.90 Å². The van der Waals surface area contributed by atoms with Crippen LogP contribution in [0.2, 0.25) is 0 Å². The number of halogens is 1. The molecule has 160 valence electrons. The first-order valence-corrected chi connectivity index (χ1v) is 11.4. The van der Waals surface area contributed by atoms with Gasteiger partial charge in [-0.1, -0.05) is 44.7 Å². The number of carbonyl (C=O) groups is 1. The molecule has 0 aliphatic carbocycles. The molecule has 1 aliphatic rings. The number of aliphatic imine (C=N–C) groups is 1. The van der Waals surface area contributed by atoms with Crippen molar-refractivity contribution in [3.8, 4) is 11.6 Å². The van der Waals surface area contributed by atoms with Gasteiger partial charge in [0.2, 0.25) is 11.6 Å². The van der Waals surface area contributed by atoms with Gasteiger partial charge in [0.05, 0.1) is 18.5 Å². The molecule has 1 amide bonds. The van der Waals surface area contributed by atoms with Crippen LogP contribution in [0.5, 0.6) is 5.75 Å². The number of aromatic nitrogens is 5. The van der Waals surface area contributed by atoms with E-state index in [0.29, 0.717) is 17.0 Å². The number of benzene rings is 1. The smallest absolute Gasteiger partial charge is 0.293 e. The average Bonchev–Trinajstić information content (AvgIpc) is 3.49. The summed E-state index contributed by atoms with van der Waals surface area (Å²) in [4.78, 5) is 17.1. The minimum atomic E-state index is -0.594. The number of phenolic OH excluding ortho intramolecular Hbond substituents is 1. The van der Waals surface area contributed by atoms with Crippen molar-refractivity contribution in [3.63, 3.8) is 0 Å². The van der Waals surface area contributed by atoms with Crippen molar-refractivity contribution < 1.29 is 14.5 Å². The van der Waals surface area contributed by atoms with Crippen LogP contribution in [-0.2, 0) is 5.75 Å². The Balaban J connectivity index is 1.56. The monoisotopic (exact) mass is 523 g/mol. The minimum Gasteiger partial charge on any atom is -0.507 e. The van der Waals surface area contributed by atoms with Gasteiger partial charge in [0, 0.05) is 21.5 Å². The largest absolute Gasteiger partial charge is 0.507 e. The Morgan fingerprint density at radius 1 is 1.48 bits per heavy atom. The summed E-state index contributed by atoms with van der Waals surface area (Å²) in [6.45, 7) is 0.759. The molecule has 12 nitrogen and oxygen atoms in total. The Bertz CT molecular complexity index is 1180. The van der Waals surface area contributed by atoms with Crippen LogP contribution in [0.4, 0.5) is 5.82 Å². The third-order valence-corrected chi connectivity index (χ3v) is 6.68. The van der Waals surface area contributed by atoms with Crippen LogP contribution in [0.1, 0.15) is 21.7 Å². The highest BCUT2D eigenvalue weighted by molar-refractivity contribution is 9.10. The SMILES string of the molecule is Nc1nonc1-n1nnc(C(=O)N/N=C/c2cc(Br)ccc2O)c1CSC1=NCCS1. The van der Waals surface area contributed by atoms with E-state index in [-0.39, 0.29) is 23.1 Å². The Morgan fingerprint density at radius 3 is 3.10 bits per heavy atom. The van der Waals surface area contributed by atoms with Crippen LogP contribution in [0, 0.1) is 0 Å². The third kappa shape index (κ3) is 4.88. The lowest BCUT2D eigenvalue weighted by Crippen LogP contribution is -2.20. The summed E-state index contributed by atoms with van der Waals surface area (Å²) in [5, 5.41) is 29.0. The van der Waals surface area contributed by atoms with Crippen LogP contribution < -0.4 is 11.2 Å². The van der Waals surface area contributed by atoms with Crippen molar-refractivity contribution in [1.82, 2.24) is 30.7 Å². The van der Waals surface area contributed by atoms with Crippen molar-refractivity contribution in [2.45, 2.75) is 5.75 Å². The number of aromatic hydroxyl groups is 1. The van der Waals surface area contributed by atoms with Gasteiger partial charge in [-0.05, 0) is 28.5 Å². The van der Waals surface area contributed by atoms with Gasteiger partial charge in [0.1, 0.15) is 10.1 Å². The molecule has 0 saturated heterocycles. The van der Waals surface area contributed by atoms with Gasteiger partial charge in [-0.2, -0.15) is 9.78 Å². The van der Waals surface area contributed by atoms with E-state index in [1.807, 2.05) is 0 Å². The maximum Gasteiger partial charge on any atom is 0.293 e. The highest BCUT2D eigenvalue weighted by atomic mass is 79.9. The summed E-state index contributed by atoms with van der Waals surface area (Å²) in [5.41, 5.74) is 9.05. The molecule has 3 aromatic rings. The highest BCUT2D eigenvalue weighted by Gasteiger charge is 2.24. The van der Waals surface area contributed by atoms with Crippen LogP contribution in [0.15, 0.2) is 37.4 Å². The first kappa shape index (κ1) is 21.3. The Labute approximate surface area is 191 Å². The number of anilines is 1. The first-order chi connectivity index (χ1) is 15.0. The summed E-state index contributed by atoms with van der Waals surface area (Å²) in [6.07, 6.45) is 1.32. The number of hydrogen-bond acceptors (Lipinski definition) is 12. The van der Waals surface area contributed by atoms with E-state index in [0.717, 1.165) is 21.1 Å². The molecule has 31 heavy (non-hydrogen) atoms. The fraction of sp³-hybridized carbons (Fsp3) is 0.188. The van der Waals surface area contributed by atoms with Gasteiger partial charge in [-0.25, -0.2) is 10.1 Å². The number of phenols is 1. The second kappa shape index (κ2) is 9.49. The molecule has 0 atom stereocenters. The van der Waals surface area contributed by atoms with E-state index in [2.05, 4.69) is 56.7 Å². The zero-order valence-corrected chi connectivity index (χ0v) is 18.8. The quantitative estimate of drug-likeness (QED) is 0.319. The number of amides is 1. The molecule has 0 bridgehead atoms. The lowest BCUT2D eigenvalue weighted by atomic mass is 10.2. The standard InChI is InChI=1S/C16H14BrN9O3S2/c17-9-1-2-11(27)8(5-9)6-20-22-15(28)12-10(7-31-16-19-3-4-30-16)26(25-21-12)14-13(18)23-29-24-14/h1-2,5-6,27H,3-4,7H2,(H2,18,23)(H,22,28)/b20-6+. The van der Waals surface area contributed by atoms with Gasteiger partial charge in [-0.15, -0.1) is 5.10 Å². The fourth-order valence-corrected chi connectivity index (χ4v) is 4.87. The number of nitrogen functional groups attached to an aromatic ring is 1. The van der Waals surface area contributed by atoms with Gasteiger partial charge in [0.25, 0.3) is 5.91 Å². The maximum absolute atomic E-state index is 12.7. The number of hydrogen-bond donors (Lipinski definition) is 3. The number of thioether (sulfide) groups is 2. The van der Waals surface area contributed by atoms with E-state index < -0.39 is 5.91 Å². The predicted octanol–water partition coefficient (Wildman–Crippen LogP) is 1.80. The van der Waals surface area contributed by atoms with Crippen LogP contribution in [-0.4, -0.2) is 59.2 Å². The van der Waals surface area contributed by atoms with Crippen molar-refractivity contribution in [2.24, 2.45) is 10.1 Å². The summed E-state index contributed by atoms with van der Waals surface area (Å²) in [7, 11) is 0. The number of nitrogens with one attached hydrogen (secondary N) is 1. The van der Waals surface area contributed by atoms with E-state index in [4.69, 9.17) is 5.73 Å². The molecule has 4 N–H and O–H groups in total. The molecule has 1 aliphatic heterocycles. The molecule has 2 aromatic heterocycles. The molecule has 0 saturated carbocycles. The average molecular weight is 524 g/mol. The number of nitrogens with two attached hydrogens (primary N) is 1. The summed E-state index contributed by atoms with van der Waals surface area (Å²) >= 11 is 6.40. The molecule has 0 radical (unpaired) electrons. The first-order valence-electron chi connectivity index (χ1n) is 8.68. The lowest BCUT2D eigenvalue weighted by molar-refractivity contribution is 0.0949. The topological polar surface area (TPSA) is 170 Å². The second-order valence-corrected chi connectivity index (χ2v) is 9.18. The molecule has 0 fully saturated rings. The number of carbonyl (C=O) groups excluding carboxylic acids is 1. The van der Waals surface area contributed by atoms with Crippen molar-refractivity contribution in [3.05, 3.63) is 39.6 Å². The Morgan fingerprint density at radius 2 is 2.35 bits per heavy atom. The summed E-state index contributed by atoms with van der Waals surface area (Å²) in [5.74, 6) is 0.829. The predicted molar refractivity (Wildman–Crippen MR) is 121 cm³/mol. The normalized spacial score (nSPS) is 13.6. The van der Waals surface area contributed by atoms with Gasteiger partial charge >= 0.3 is 0 Å². The summed E-state index contributed by atoms with van der Waals surface area (Å²) < 4.78 is 7.61. The van der Waals surface area contributed by atoms with E-state index in [1.165, 1.54) is 28.7 Å². The van der Waals surface area contributed by atoms with Gasteiger partial charge in [-0.3, -0.25) is 9.79 Å². The molecule has 4 rings (SSSR count). The third-order valence-electron chi connectivity index (χ3n) is 3.92. The number of nitrogens with zero attached hydrogens (tertiary/aromatic N) is 7. The molecule has 1 aromatic carbocycles. The zero-order chi connectivity index (χ0) is 21.8. The number of hydrazone groups is 1. The highest BCUT2D eigenvalue weighted by Crippen LogP contribution is 2.27. The minimum absolute atomic E-state index is 0.0128. The molecular weight excluding hydrogens is 510 g/mol. The Hall–Kier alpha value is -2.91. The molecular formula is C16H14BrN9O3S2. The molecule has 3 heterocycles. The zero-order valence-electron chi connectivity index (χ0n) is 15.6. The molecule has 15 heteroatoms. The van der Waals surface area contributed by atoms with Crippen LogP contribution in [0.25, 0.3) is 5.82 Å². The molecule has 0 unspecified atom stereocenters. The van der Waals surface area contributed by atoms with E-state index >= 15 is 0 Å².